The number of nitrogens with zero attached hydrogens (tertiary/aromatic N) is 1. The van der Waals surface area contributed by atoms with Gasteiger partial charge < -0.3 is 15.0 Å². The van der Waals surface area contributed by atoms with E-state index in [0.717, 1.165) is 12.0 Å². The lowest BCUT2D eigenvalue weighted by Crippen LogP contribution is -2.52. The molecule has 0 aliphatic carbocycles. The SMILES string of the molecule is CC[C@@H](C)NC(=O)[C@H](CC)N(CCc1ccccc1)C(=O)COc1ccc(Cl)cc1Cl. The van der Waals surface area contributed by atoms with Crippen LogP contribution in [0.2, 0.25) is 10.0 Å². The van der Waals surface area contributed by atoms with Crippen LogP contribution < -0.4 is 10.1 Å². The quantitative estimate of drug-likeness (QED) is 0.500. The molecule has 0 bridgehead atoms. The maximum Gasteiger partial charge on any atom is 0.261 e. The zero-order valence-electron chi connectivity index (χ0n) is 18.2. The van der Waals surface area contributed by atoms with E-state index in [1.165, 1.54) is 0 Å². The number of hydrogen-bond donors (Lipinski definition) is 1. The van der Waals surface area contributed by atoms with E-state index in [4.69, 9.17) is 27.9 Å². The minimum Gasteiger partial charge on any atom is -0.482 e. The number of nitrogens with one attached hydrogen (secondary N) is 1. The monoisotopic (exact) mass is 464 g/mol. The zero-order valence-corrected chi connectivity index (χ0v) is 19.7. The smallest absolute Gasteiger partial charge is 0.261 e. The highest BCUT2D eigenvalue weighted by Gasteiger charge is 2.29. The van der Waals surface area contributed by atoms with E-state index in [1.54, 1.807) is 23.1 Å². The Morgan fingerprint density at radius 2 is 1.77 bits per heavy atom. The van der Waals surface area contributed by atoms with Crippen LogP contribution in [0.15, 0.2) is 48.5 Å². The van der Waals surface area contributed by atoms with Crippen LogP contribution in [0.1, 0.15) is 39.2 Å². The molecule has 0 unspecified atom stereocenters. The summed E-state index contributed by atoms with van der Waals surface area (Å²) in [4.78, 5) is 27.6. The van der Waals surface area contributed by atoms with Crippen molar-refractivity contribution in [1.29, 1.82) is 0 Å². The molecule has 1 N–H and O–H groups in total. The second-order valence-electron chi connectivity index (χ2n) is 7.43. The van der Waals surface area contributed by atoms with Crippen LogP contribution in [0.3, 0.4) is 0 Å². The molecule has 2 aromatic rings. The van der Waals surface area contributed by atoms with Crippen LogP contribution in [0.25, 0.3) is 0 Å². The van der Waals surface area contributed by atoms with Crippen molar-refractivity contribution in [2.45, 2.75) is 52.1 Å². The van der Waals surface area contributed by atoms with Gasteiger partial charge in [0, 0.05) is 17.6 Å². The summed E-state index contributed by atoms with van der Waals surface area (Å²) in [5.74, 6) is -0.0459. The van der Waals surface area contributed by atoms with Crippen LogP contribution >= 0.6 is 23.2 Å². The van der Waals surface area contributed by atoms with Gasteiger partial charge in [-0.15, -0.1) is 0 Å². The maximum atomic E-state index is 13.1. The summed E-state index contributed by atoms with van der Waals surface area (Å²) in [6.45, 7) is 6.05. The first kappa shape index (κ1) is 25.0. The molecule has 0 saturated heterocycles. The molecule has 0 heterocycles. The molecule has 0 aliphatic rings. The molecule has 0 radical (unpaired) electrons. The molecule has 2 rings (SSSR count). The van der Waals surface area contributed by atoms with Crippen molar-refractivity contribution in [3.05, 3.63) is 64.1 Å². The molecule has 2 aromatic carbocycles. The standard InChI is InChI=1S/C24H30Cl2N2O3/c1-4-17(3)27-24(30)21(5-2)28(14-13-18-9-7-6-8-10-18)23(29)16-31-22-12-11-19(25)15-20(22)26/h6-12,15,17,21H,4-5,13-14,16H2,1-3H3,(H,27,30)/t17-,21+/m1/s1. The molecule has 2 amide bonds. The summed E-state index contributed by atoms with van der Waals surface area (Å²) in [6.07, 6.45) is 1.96. The molecule has 0 spiro atoms. The minimum absolute atomic E-state index is 0.0387. The number of rotatable bonds is 11. The Morgan fingerprint density at radius 3 is 2.39 bits per heavy atom. The van der Waals surface area contributed by atoms with Crippen LogP contribution in [-0.4, -0.2) is 41.9 Å². The third-order valence-corrected chi connectivity index (χ3v) is 5.65. The first-order valence-corrected chi connectivity index (χ1v) is 11.3. The van der Waals surface area contributed by atoms with E-state index in [-0.39, 0.29) is 24.5 Å². The molecular weight excluding hydrogens is 435 g/mol. The summed E-state index contributed by atoms with van der Waals surface area (Å²) < 4.78 is 5.65. The van der Waals surface area contributed by atoms with Gasteiger partial charge in [-0.05, 0) is 49.9 Å². The van der Waals surface area contributed by atoms with E-state index in [0.29, 0.717) is 35.2 Å². The van der Waals surface area contributed by atoms with Gasteiger partial charge in [0.2, 0.25) is 5.91 Å². The topological polar surface area (TPSA) is 58.6 Å². The summed E-state index contributed by atoms with van der Waals surface area (Å²) in [5, 5.41) is 3.81. The van der Waals surface area contributed by atoms with Crippen molar-refractivity contribution < 1.29 is 14.3 Å². The van der Waals surface area contributed by atoms with Gasteiger partial charge in [0.25, 0.3) is 5.91 Å². The largest absolute Gasteiger partial charge is 0.482 e. The third-order valence-electron chi connectivity index (χ3n) is 5.12. The molecule has 0 fully saturated rings. The average molecular weight is 465 g/mol. The number of benzene rings is 2. The predicted molar refractivity (Wildman–Crippen MR) is 126 cm³/mol. The first-order valence-electron chi connectivity index (χ1n) is 10.6. The van der Waals surface area contributed by atoms with Gasteiger partial charge >= 0.3 is 0 Å². The number of hydrogen-bond acceptors (Lipinski definition) is 3. The Hall–Kier alpha value is -2.24. The van der Waals surface area contributed by atoms with E-state index in [9.17, 15) is 9.59 Å². The summed E-state index contributed by atoms with van der Waals surface area (Å²) >= 11 is 12.1. The number of halogens is 2. The van der Waals surface area contributed by atoms with Crippen molar-refractivity contribution in [2.75, 3.05) is 13.2 Å². The van der Waals surface area contributed by atoms with Crippen LogP contribution in [0.4, 0.5) is 0 Å². The van der Waals surface area contributed by atoms with Crippen LogP contribution in [0.5, 0.6) is 5.75 Å². The highest BCUT2D eigenvalue weighted by molar-refractivity contribution is 6.35. The first-order chi connectivity index (χ1) is 14.8. The molecule has 31 heavy (non-hydrogen) atoms. The van der Waals surface area contributed by atoms with Crippen molar-refractivity contribution in [2.24, 2.45) is 0 Å². The second kappa shape index (κ2) is 12.6. The Balaban J connectivity index is 2.15. The van der Waals surface area contributed by atoms with Gasteiger partial charge in [0.1, 0.15) is 11.8 Å². The van der Waals surface area contributed by atoms with Crippen molar-refractivity contribution in [3.63, 3.8) is 0 Å². The van der Waals surface area contributed by atoms with E-state index in [1.807, 2.05) is 51.1 Å². The fraction of sp³-hybridized carbons (Fsp3) is 0.417. The van der Waals surface area contributed by atoms with E-state index < -0.39 is 6.04 Å². The molecular formula is C24H30Cl2N2O3. The molecule has 2 atom stereocenters. The van der Waals surface area contributed by atoms with Crippen LogP contribution in [0, 0.1) is 0 Å². The number of ether oxygens (including phenoxy) is 1. The Morgan fingerprint density at radius 1 is 1.06 bits per heavy atom. The fourth-order valence-corrected chi connectivity index (χ4v) is 3.61. The minimum atomic E-state index is -0.575. The second-order valence-corrected chi connectivity index (χ2v) is 8.27. The van der Waals surface area contributed by atoms with Gasteiger partial charge in [-0.1, -0.05) is 67.4 Å². The maximum absolute atomic E-state index is 13.1. The normalized spacial score (nSPS) is 12.7. The van der Waals surface area contributed by atoms with Gasteiger partial charge in [0.15, 0.2) is 6.61 Å². The van der Waals surface area contributed by atoms with Crippen molar-refractivity contribution in [3.8, 4) is 5.75 Å². The number of amides is 2. The van der Waals surface area contributed by atoms with E-state index >= 15 is 0 Å². The Labute approximate surface area is 194 Å². The fourth-order valence-electron chi connectivity index (χ4n) is 3.15. The van der Waals surface area contributed by atoms with E-state index in [2.05, 4.69) is 5.32 Å². The van der Waals surface area contributed by atoms with Gasteiger partial charge in [0.05, 0.1) is 5.02 Å². The van der Waals surface area contributed by atoms with Crippen molar-refractivity contribution >= 4 is 35.0 Å². The Kier molecular flexibility index (Phi) is 10.2. The average Bonchev–Trinajstić information content (AvgIpc) is 2.76. The molecule has 0 saturated carbocycles. The zero-order chi connectivity index (χ0) is 22.8. The van der Waals surface area contributed by atoms with Gasteiger partial charge in [-0.3, -0.25) is 9.59 Å². The number of carbonyl (C=O) groups is 2. The Bertz CT molecular complexity index is 861. The summed E-state index contributed by atoms with van der Waals surface area (Å²) in [5.41, 5.74) is 1.10. The molecule has 168 valence electrons. The predicted octanol–water partition coefficient (Wildman–Crippen LogP) is 5.14. The molecule has 0 aromatic heterocycles. The van der Waals surface area contributed by atoms with Crippen LogP contribution in [-0.2, 0) is 16.0 Å². The van der Waals surface area contributed by atoms with Gasteiger partial charge in [-0.2, -0.15) is 0 Å². The molecule has 0 aliphatic heterocycles. The molecule has 7 heteroatoms. The number of carbonyl (C=O) groups excluding carboxylic acids is 2. The highest BCUT2D eigenvalue weighted by Crippen LogP contribution is 2.27. The third kappa shape index (κ3) is 7.75. The lowest BCUT2D eigenvalue weighted by molar-refractivity contribution is -0.142. The summed E-state index contributed by atoms with van der Waals surface area (Å²) in [6, 6.07) is 14.2. The summed E-state index contributed by atoms with van der Waals surface area (Å²) in [7, 11) is 0. The lowest BCUT2D eigenvalue weighted by Gasteiger charge is -2.31. The van der Waals surface area contributed by atoms with Gasteiger partial charge in [-0.25, -0.2) is 0 Å². The lowest BCUT2D eigenvalue weighted by atomic mass is 10.1. The highest BCUT2D eigenvalue weighted by atomic mass is 35.5. The molecule has 5 nitrogen and oxygen atoms in total. The van der Waals surface area contributed by atoms with Crippen molar-refractivity contribution in [1.82, 2.24) is 10.2 Å².